The van der Waals surface area contributed by atoms with Crippen LogP contribution in [0.4, 0.5) is 8.78 Å². The van der Waals surface area contributed by atoms with Crippen molar-refractivity contribution in [2.45, 2.75) is 43.9 Å². The minimum atomic E-state index is -2.60. The van der Waals surface area contributed by atoms with Crippen LogP contribution in [0.25, 0.3) is 0 Å². The van der Waals surface area contributed by atoms with Crippen molar-refractivity contribution in [1.82, 2.24) is 0 Å². The Hall–Kier alpha value is -2.60. The predicted molar refractivity (Wildman–Crippen MR) is 114 cm³/mol. The lowest BCUT2D eigenvalue weighted by Gasteiger charge is -2.26. The number of hydrogen-bond donors (Lipinski definition) is 1. The lowest BCUT2D eigenvalue weighted by Crippen LogP contribution is -2.33. The molecule has 2 aliphatic carbocycles. The zero-order chi connectivity index (χ0) is 22.7. The number of aliphatic hydroxyl groups excluding tert-OH is 1. The van der Waals surface area contributed by atoms with Crippen molar-refractivity contribution >= 4 is 11.6 Å². The van der Waals surface area contributed by atoms with Crippen molar-refractivity contribution in [3.8, 4) is 5.75 Å². The fourth-order valence-electron chi connectivity index (χ4n) is 5.73. The Morgan fingerprint density at radius 2 is 1.78 bits per heavy atom. The summed E-state index contributed by atoms with van der Waals surface area (Å²) in [6.07, 6.45) is 0.207. The first-order chi connectivity index (χ1) is 15.3. The maximum Gasteiger partial charge on any atom is 0.248 e. The number of rotatable bonds is 7. The molecule has 4 atom stereocenters. The third-order valence-electron chi connectivity index (χ3n) is 7.61. The standard InChI is InChI=1S/C26H26F2O4/c1-2-22(30)18-8-15(23(31)10-17-19-11-26(27,28)12-20(17)19)9-21-24(18)32-14-25(21,13-29)16-6-4-3-5-7-16/h3-9,17,19-20,29H,2,10-14H2,1H3/t17?,19-,20+,25?. The zero-order valence-corrected chi connectivity index (χ0v) is 17.9. The topological polar surface area (TPSA) is 63.6 Å². The molecular weight excluding hydrogens is 414 g/mol. The first-order valence-corrected chi connectivity index (χ1v) is 11.2. The molecule has 2 aromatic rings. The van der Waals surface area contributed by atoms with Gasteiger partial charge in [0.05, 0.1) is 17.6 Å². The molecule has 5 rings (SSSR count). The van der Waals surface area contributed by atoms with E-state index in [9.17, 15) is 23.5 Å². The number of aliphatic hydroxyl groups is 1. The fourth-order valence-corrected chi connectivity index (χ4v) is 5.73. The van der Waals surface area contributed by atoms with E-state index in [1.807, 2.05) is 30.3 Å². The van der Waals surface area contributed by atoms with Gasteiger partial charge in [-0.3, -0.25) is 9.59 Å². The first kappa shape index (κ1) is 21.3. The summed E-state index contributed by atoms with van der Waals surface area (Å²) in [6, 6.07) is 12.7. The molecule has 2 aromatic carbocycles. The molecule has 0 amide bonds. The minimum absolute atomic E-state index is 0.00585. The van der Waals surface area contributed by atoms with Crippen LogP contribution in [0, 0.1) is 17.8 Å². The second kappa shape index (κ2) is 7.48. The van der Waals surface area contributed by atoms with E-state index in [2.05, 4.69) is 0 Å². The first-order valence-electron chi connectivity index (χ1n) is 11.2. The van der Waals surface area contributed by atoms with E-state index in [-0.39, 0.29) is 68.2 Å². The number of ketones is 2. The Morgan fingerprint density at radius 1 is 1.09 bits per heavy atom. The van der Waals surface area contributed by atoms with Gasteiger partial charge in [0.1, 0.15) is 12.4 Å². The van der Waals surface area contributed by atoms with E-state index in [1.165, 1.54) is 0 Å². The van der Waals surface area contributed by atoms with Gasteiger partial charge in [-0.05, 0) is 35.4 Å². The maximum atomic E-state index is 13.5. The monoisotopic (exact) mass is 440 g/mol. The molecule has 0 aromatic heterocycles. The molecule has 1 N–H and O–H groups in total. The molecule has 1 heterocycles. The quantitative estimate of drug-likeness (QED) is 0.628. The van der Waals surface area contributed by atoms with Gasteiger partial charge >= 0.3 is 0 Å². The highest BCUT2D eigenvalue weighted by Crippen LogP contribution is 2.64. The van der Waals surface area contributed by atoms with Crippen molar-refractivity contribution in [3.63, 3.8) is 0 Å². The highest BCUT2D eigenvalue weighted by Gasteiger charge is 2.62. The summed E-state index contributed by atoms with van der Waals surface area (Å²) in [5.74, 6) is -2.62. The third-order valence-corrected chi connectivity index (χ3v) is 7.61. The number of halogens is 2. The van der Waals surface area contributed by atoms with Gasteiger partial charge in [0, 0.05) is 36.8 Å². The van der Waals surface area contributed by atoms with E-state index in [0.717, 1.165) is 5.56 Å². The molecule has 1 aliphatic heterocycles. The number of fused-ring (bicyclic) bond motifs is 2. The van der Waals surface area contributed by atoms with Crippen LogP contribution in [0.3, 0.4) is 0 Å². The van der Waals surface area contributed by atoms with E-state index in [1.54, 1.807) is 19.1 Å². The van der Waals surface area contributed by atoms with Crippen molar-refractivity contribution in [3.05, 3.63) is 64.7 Å². The van der Waals surface area contributed by atoms with Crippen molar-refractivity contribution < 1.29 is 28.2 Å². The van der Waals surface area contributed by atoms with E-state index in [4.69, 9.17) is 4.74 Å². The average molecular weight is 440 g/mol. The highest BCUT2D eigenvalue weighted by atomic mass is 19.3. The number of benzene rings is 2. The summed E-state index contributed by atoms with van der Waals surface area (Å²) in [4.78, 5) is 25.9. The largest absolute Gasteiger partial charge is 0.491 e. The van der Waals surface area contributed by atoms with Crippen LogP contribution in [0.1, 0.15) is 64.4 Å². The SMILES string of the molecule is CCC(=O)c1cc(C(=O)CC2[C@H]3CC(F)(F)C[C@@H]23)cc2c1OCC2(CO)c1ccccc1. The lowest BCUT2D eigenvalue weighted by molar-refractivity contribution is -0.00847. The number of ether oxygens (including phenoxy) is 1. The normalized spacial score (nSPS) is 29.2. The van der Waals surface area contributed by atoms with Gasteiger partial charge in [-0.25, -0.2) is 8.78 Å². The van der Waals surface area contributed by atoms with Crippen molar-refractivity contribution in [2.24, 2.45) is 17.8 Å². The Kier molecular flexibility index (Phi) is 4.97. The Labute approximate surface area is 185 Å². The molecule has 32 heavy (non-hydrogen) atoms. The van der Waals surface area contributed by atoms with Gasteiger partial charge in [0.25, 0.3) is 0 Å². The number of Topliss-reactive ketones (excluding diaryl/α,β-unsaturated/α-hetero) is 2. The molecule has 3 aliphatic rings. The zero-order valence-electron chi connectivity index (χ0n) is 17.9. The number of carbonyl (C=O) groups is 2. The van der Waals surface area contributed by atoms with Crippen LogP contribution in [0.2, 0.25) is 0 Å². The third kappa shape index (κ3) is 3.27. The Balaban J connectivity index is 1.51. The van der Waals surface area contributed by atoms with Gasteiger partial charge in [0.2, 0.25) is 5.92 Å². The molecule has 2 unspecified atom stereocenters. The summed E-state index contributed by atoms with van der Waals surface area (Å²) in [5.41, 5.74) is 1.35. The molecule has 6 heteroatoms. The molecule has 2 fully saturated rings. The molecule has 4 nitrogen and oxygen atoms in total. The van der Waals surface area contributed by atoms with Crippen LogP contribution in [0.5, 0.6) is 5.75 Å². The fraction of sp³-hybridized carbons (Fsp3) is 0.462. The minimum Gasteiger partial charge on any atom is -0.491 e. The Bertz CT molecular complexity index is 1070. The van der Waals surface area contributed by atoms with Crippen molar-refractivity contribution in [1.29, 1.82) is 0 Å². The highest BCUT2D eigenvalue weighted by molar-refractivity contribution is 6.04. The van der Waals surface area contributed by atoms with Crippen LogP contribution >= 0.6 is 0 Å². The molecule has 0 spiro atoms. The second-order valence-electron chi connectivity index (χ2n) is 9.46. The maximum absolute atomic E-state index is 13.5. The second-order valence-corrected chi connectivity index (χ2v) is 9.46. The summed E-state index contributed by atoms with van der Waals surface area (Å²) >= 11 is 0. The van der Waals surface area contributed by atoms with Crippen LogP contribution < -0.4 is 4.74 Å². The number of alkyl halides is 2. The lowest BCUT2D eigenvalue weighted by atomic mass is 9.75. The van der Waals surface area contributed by atoms with E-state index >= 15 is 0 Å². The number of carbonyl (C=O) groups excluding carboxylic acids is 2. The molecule has 168 valence electrons. The van der Waals surface area contributed by atoms with Gasteiger partial charge < -0.3 is 9.84 Å². The molecule has 0 bridgehead atoms. The van der Waals surface area contributed by atoms with Crippen LogP contribution in [0.15, 0.2) is 42.5 Å². The number of hydrogen-bond acceptors (Lipinski definition) is 4. The van der Waals surface area contributed by atoms with Crippen LogP contribution in [-0.2, 0) is 5.41 Å². The molecule has 0 radical (unpaired) electrons. The van der Waals surface area contributed by atoms with E-state index in [0.29, 0.717) is 22.4 Å². The van der Waals surface area contributed by atoms with Gasteiger partial charge in [0.15, 0.2) is 11.6 Å². The summed E-state index contributed by atoms with van der Waals surface area (Å²) in [6.45, 7) is 1.69. The summed E-state index contributed by atoms with van der Waals surface area (Å²) in [5, 5.41) is 10.4. The Morgan fingerprint density at radius 3 is 2.41 bits per heavy atom. The van der Waals surface area contributed by atoms with Crippen molar-refractivity contribution in [2.75, 3.05) is 13.2 Å². The summed E-state index contributed by atoms with van der Waals surface area (Å²) in [7, 11) is 0. The smallest absolute Gasteiger partial charge is 0.248 e. The summed E-state index contributed by atoms with van der Waals surface area (Å²) < 4.78 is 33.0. The van der Waals surface area contributed by atoms with E-state index < -0.39 is 11.3 Å². The molecular formula is C26H26F2O4. The predicted octanol–water partition coefficient (Wildman–Crippen LogP) is 4.81. The van der Waals surface area contributed by atoms with Gasteiger partial charge in [-0.15, -0.1) is 0 Å². The van der Waals surface area contributed by atoms with Crippen LogP contribution in [-0.4, -0.2) is 35.8 Å². The van der Waals surface area contributed by atoms with Gasteiger partial charge in [-0.1, -0.05) is 37.3 Å². The average Bonchev–Trinajstić information content (AvgIpc) is 3.13. The molecule has 0 saturated heterocycles. The van der Waals surface area contributed by atoms with Gasteiger partial charge in [-0.2, -0.15) is 0 Å². The molecule has 2 saturated carbocycles.